The zero-order valence-electron chi connectivity index (χ0n) is 13.0. The molecule has 2 aromatic rings. The van der Waals surface area contributed by atoms with E-state index in [1.165, 1.54) is 5.56 Å². The highest BCUT2D eigenvalue weighted by molar-refractivity contribution is 5.76. The van der Waals surface area contributed by atoms with Crippen molar-refractivity contribution >= 4 is 5.91 Å². The van der Waals surface area contributed by atoms with E-state index in [4.69, 9.17) is 0 Å². The van der Waals surface area contributed by atoms with Gasteiger partial charge in [-0.3, -0.25) is 9.78 Å². The van der Waals surface area contributed by atoms with Crippen molar-refractivity contribution in [3.63, 3.8) is 0 Å². The number of H-pyrrole nitrogens is 2. The first-order valence-electron chi connectivity index (χ1n) is 7.53. The second kappa shape index (κ2) is 7.59. The van der Waals surface area contributed by atoms with E-state index in [0.29, 0.717) is 31.1 Å². The van der Waals surface area contributed by atoms with Crippen molar-refractivity contribution < 1.29 is 4.79 Å². The lowest BCUT2D eigenvalue weighted by atomic mass is 10.0. The van der Waals surface area contributed by atoms with Crippen molar-refractivity contribution in [3.05, 3.63) is 51.7 Å². The molecule has 0 radical (unpaired) electrons. The fourth-order valence-electron chi connectivity index (χ4n) is 2.16. The second-order valence-electron chi connectivity index (χ2n) is 5.62. The van der Waals surface area contributed by atoms with E-state index < -0.39 is 0 Å². The molecule has 1 heterocycles. The van der Waals surface area contributed by atoms with E-state index in [1.807, 2.05) is 0 Å². The first kappa shape index (κ1) is 16.0. The quantitative estimate of drug-likeness (QED) is 0.724. The Labute approximate surface area is 129 Å². The molecule has 1 aromatic heterocycles. The zero-order chi connectivity index (χ0) is 15.9. The van der Waals surface area contributed by atoms with Crippen LogP contribution in [0.2, 0.25) is 0 Å². The number of hydrogen-bond donors (Lipinski definition) is 3. The Balaban J connectivity index is 1.69. The number of aryl methyl sites for hydroxylation is 1. The summed E-state index contributed by atoms with van der Waals surface area (Å²) < 4.78 is 0. The van der Waals surface area contributed by atoms with E-state index in [1.54, 1.807) is 0 Å². The van der Waals surface area contributed by atoms with E-state index in [9.17, 15) is 9.59 Å². The van der Waals surface area contributed by atoms with E-state index >= 15 is 0 Å². The first-order valence-corrected chi connectivity index (χ1v) is 7.53. The molecular weight excluding hydrogens is 280 g/mol. The largest absolute Gasteiger partial charge is 0.356 e. The lowest BCUT2D eigenvalue weighted by molar-refractivity contribution is -0.121. The summed E-state index contributed by atoms with van der Waals surface area (Å²) in [5.74, 6) is 1.08. The van der Waals surface area contributed by atoms with Gasteiger partial charge in [0.1, 0.15) is 5.82 Å². The SMILES string of the molecule is CC(C)c1ccc(CCC(=O)NCCc2n[nH]c(=O)[nH]2)cc1. The normalized spacial score (nSPS) is 10.9. The Hall–Kier alpha value is -2.37. The summed E-state index contributed by atoms with van der Waals surface area (Å²) in [4.78, 5) is 25.2. The molecule has 0 spiro atoms. The van der Waals surface area contributed by atoms with Crippen LogP contribution in [0.3, 0.4) is 0 Å². The minimum atomic E-state index is -0.328. The van der Waals surface area contributed by atoms with Gasteiger partial charge in [0.15, 0.2) is 0 Å². The average molecular weight is 302 g/mol. The summed E-state index contributed by atoms with van der Waals surface area (Å²) in [6.45, 7) is 4.79. The van der Waals surface area contributed by atoms with Crippen LogP contribution in [0, 0.1) is 0 Å². The summed E-state index contributed by atoms with van der Waals surface area (Å²) in [6, 6.07) is 8.39. The third-order valence-corrected chi connectivity index (χ3v) is 3.52. The third kappa shape index (κ3) is 4.87. The van der Waals surface area contributed by atoms with Gasteiger partial charge in [-0.1, -0.05) is 38.1 Å². The molecule has 0 bridgehead atoms. The third-order valence-electron chi connectivity index (χ3n) is 3.52. The van der Waals surface area contributed by atoms with Crippen LogP contribution in [0.15, 0.2) is 29.1 Å². The maximum absolute atomic E-state index is 11.8. The van der Waals surface area contributed by atoms with Crippen LogP contribution >= 0.6 is 0 Å². The molecule has 0 saturated carbocycles. The van der Waals surface area contributed by atoms with Crippen LogP contribution < -0.4 is 11.0 Å². The lowest BCUT2D eigenvalue weighted by Gasteiger charge is -2.07. The first-order chi connectivity index (χ1) is 10.5. The maximum atomic E-state index is 11.8. The fraction of sp³-hybridized carbons (Fsp3) is 0.438. The van der Waals surface area contributed by atoms with Crippen molar-refractivity contribution in [1.82, 2.24) is 20.5 Å². The standard InChI is InChI=1S/C16H22N4O2/c1-11(2)13-6-3-12(4-7-13)5-8-15(21)17-10-9-14-18-16(22)20-19-14/h3-4,6-7,11H,5,8-10H2,1-2H3,(H,17,21)(H2,18,19,20,22). The van der Waals surface area contributed by atoms with Crippen molar-refractivity contribution in [2.45, 2.75) is 39.0 Å². The summed E-state index contributed by atoms with van der Waals surface area (Å²) in [5, 5.41) is 8.90. The van der Waals surface area contributed by atoms with E-state index in [0.717, 1.165) is 12.0 Å². The van der Waals surface area contributed by atoms with Gasteiger partial charge in [-0.15, -0.1) is 0 Å². The predicted octanol–water partition coefficient (Wildman–Crippen LogP) is 1.51. The van der Waals surface area contributed by atoms with Crippen LogP contribution in [0.4, 0.5) is 0 Å². The molecular formula is C16H22N4O2. The smallest absolute Gasteiger partial charge is 0.340 e. The Morgan fingerprint density at radius 3 is 2.55 bits per heavy atom. The molecule has 1 amide bonds. The summed E-state index contributed by atoms with van der Waals surface area (Å²) in [7, 11) is 0. The highest BCUT2D eigenvalue weighted by Gasteiger charge is 2.04. The molecule has 0 aliphatic rings. The molecule has 0 unspecified atom stereocenters. The van der Waals surface area contributed by atoms with Gasteiger partial charge in [0.05, 0.1) is 0 Å². The summed E-state index contributed by atoms with van der Waals surface area (Å²) >= 11 is 0. The second-order valence-corrected chi connectivity index (χ2v) is 5.62. The molecule has 6 nitrogen and oxygen atoms in total. The van der Waals surface area contributed by atoms with Crippen LogP contribution in [0.25, 0.3) is 0 Å². The Morgan fingerprint density at radius 1 is 1.23 bits per heavy atom. The number of carbonyl (C=O) groups excluding carboxylic acids is 1. The molecule has 0 saturated heterocycles. The molecule has 1 aromatic carbocycles. The number of aromatic amines is 2. The number of rotatable bonds is 7. The lowest BCUT2D eigenvalue weighted by Crippen LogP contribution is -2.26. The number of hydrogen-bond acceptors (Lipinski definition) is 3. The molecule has 2 rings (SSSR count). The van der Waals surface area contributed by atoms with Crippen molar-refractivity contribution in [3.8, 4) is 0 Å². The number of benzene rings is 1. The topological polar surface area (TPSA) is 90.6 Å². The van der Waals surface area contributed by atoms with Crippen LogP contribution in [-0.4, -0.2) is 27.6 Å². The highest BCUT2D eigenvalue weighted by atomic mass is 16.2. The van der Waals surface area contributed by atoms with Gasteiger partial charge in [0.2, 0.25) is 5.91 Å². The van der Waals surface area contributed by atoms with Gasteiger partial charge >= 0.3 is 5.69 Å². The van der Waals surface area contributed by atoms with Crippen LogP contribution in [0.1, 0.15) is 43.1 Å². The molecule has 0 atom stereocenters. The van der Waals surface area contributed by atoms with Crippen LogP contribution in [-0.2, 0) is 17.6 Å². The Morgan fingerprint density at radius 2 is 1.95 bits per heavy atom. The van der Waals surface area contributed by atoms with Gasteiger partial charge in [-0.25, -0.2) is 9.89 Å². The number of aromatic nitrogens is 3. The average Bonchev–Trinajstić information content (AvgIpc) is 2.91. The highest BCUT2D eigenvalue weighted by Crippen LogP contribution is 2.15. The molecule has 3 N–H and O–H groups in total. The molecule has 0 fully saturated rings. The molecule has 118 valence electrons. The van der Waals surface area contributed by atoms with Gasteiger partial charge in [-0.2, -0.15) is 5.10 Å². The zero-order valence-corrected chi connectivity index (χ0v) is 13.0. The molecule has 0 aliphatic heterocycles. The van der Waals surface area contributed by atoms with Crippen molar-refractivity contribution in [2.75, 3.05) is 6.54 Å². The van der Waals surface area contributed by atoms with Gasteiger partial charge < -0.3 is 5.32 Å². The minimum Gasteiger partial charge on any atom is -0.356 e. The Bertz CT molecular complexity index is 655. The Kier molecular flexibility index (Phi) is 5.52. The molecule has 6 heteroatoms. The molecule has 0 aliphatic carbocycles. The molecule has 22 heavy (non-hydrogen) atoms. The van der Waals surface area contributed by atoms with Gasteiger partial charge in [0, 0.05) is 19.4 Å². The van der Waals surface area contributed by atoms with Gasteiger partial charge in [0.25, 0.3) is 0 Å². The number of nitrogens with one attached hydrogen (secondary N) is 3. The number of nitrogens with zero attached hydrogens (tertiary/aromatic N) is 1. The minimum absolute atomic E-state index is 0.00539. The fourth-order valence-corrected chi connectivity index (χ4v) is 2.16. The number of amides is 1. The van der Waals surface area contributed by atoms with Gasteiger partial charge in [-0.05, 0) is 23.5 Å². The van der Waals surface area contributed by atoms with Crippen molar-refractivity contribution in [1.29, 1.82) is 0 Å². The van der Waals surface area contributed by atoms with E-state index in [-0.39, 0.29) is 11.6 Å². The van der Waals surface area contributed by atoms with E-state index in [2.05, 4.69) is 58.6 Å². The van der Waals surface area contributed by atoms with Crippen molar-refractivity contribution in [2.24, 2.45) is 0 Å². The monoisotopic (exact) mass is 302 g/mol. The van der Waals surface area contributed by atoms with Crippen LogP contribution in [0.5, 0.6) is 0 Å². The number of carbonyl (C=O) groups is 1. The maximum Gasteiger partial charge on any atom is 0.340 e. The summed E-state index contributed by atoms with van der Waals surface area (Å²) in [5.41, 5.74) is 2.14. The summed E-state index contributed by atoms with van der Waals surface area (Å²) in [6.07, 6.45) is 1.69. The predicted molar refractivity (Wildman–Crippen MR) is 84.8 cm³/mol.